The molecule has 366 valence electrons. The van der Waals surface area contributed by atoms with Crippen LogP contribution < -0.4 is 20.1 Å². The number of nitrogens with zero attached hydrogens (tertiary/aromatic N) is 10. The van der Waals surface area contributed by atoms with Crippen molar-refractivity contribution in [3.05, 3.63) is 94.6 Å². The van der Waals surface area contributed by atoms with Crippen LogP contribution in [0.2, 0.25) is 0 Å². The van der Waals surface area contributed by atoms with E-state index in [0.717, 1.165) is 17.1 Å². The maximum absolute atomic E-state index is 13.9. The van der Waals surface area contributed by atoms with Gasteiger partial charge in [-0.2, -0.15) is 10.2 Å². The second-order valence-electron chi connectivity index (χ2n) is 16.1. The van der Waals surface area contributed by atoms with Gasteiger partial charge < -0.3 is 33.4 Å². The topological polar surface area (TPSA) is 269 Å². The van der Waals surface area contributed by atoms with Crippen LogP contribution in [0.3, 0.4) is 0 Å². The predicted molar refractivity (Wildman–Crippen MR) is 253 cm³/mol. The van der Waals surface area contributed by atoms with Crippen molar-refractivity contribution in [3.8, 4) is 11.5 Å². The van der Waals surface area contributed by atoms with E-state index in [-0.39, 0.29) is 90.8 Å². The number of carboxylic acid groups (broad SMARTS) is 1. The van der Waals surface area contributed by atoms with Gasteiger partial charge in [-0.15, -0.1) is 0 Å². The third-order valence-electron chi connectivity index (χ3n) is 11.3. The van der Waals surface area contributed by atoms with E-state index in [1.807, 2.05) is 13.8 Å². The van der Waals surface area contributed by atoms with Gasteiger partial charge in [0.1, 0.15) is 33.9 Å². The number of aromatic carboxylic acids is 1. The maximum atomic E-state index is 13.9. The summed E-state index contributed by atoms with van der Waals surface area (Å²) in [6.07, 6.45) is 6.10. The number of aryl methyl sites for hydroxylation is 4. The molecule has 0 fully saturated rings. The minimum atomic E-state index is -1.25. The number of amides is 5. The number of carboxylic acids is 1. The summed E-state index contributed by atoms with van der Waals surface area (Å²) >= 11 is 0. The minimum absolute atomic E-state index is 0.0286. The number of hydrogen-bond donors (Lipinski definition) is 3. The molecule has 0 aliphatic carbocycles. The number of anilines is 2. The van der Waals surface area contributed by atoms with Gasteiger partial charge in [0.25, 0.3) is 23.6 Å². The molecular weight excluding hydrogens is 909 g/mol. The van der Waals surface area contributed by atoms with E-state index >= 15 is 0 Å². The van der Waals surface area contributed by atoms with Crippen molar-refractivity contribution in [1.29, 1.82) is 0 Å². The Morgan fingerprint density at radius 1 is 0.743 bits per heavy atom. The largest absolute Gasteiger partial charge is 0.494 e. The van der Waals surface area contributed by atoms with Gasteiger partial charge in [0.2, 0.25) is 17.8 Å². The van der Waals surface area contributed by atoms with Crippen molar-refractivity contribution < 1.29 is 52.9 Å². The van der Waals surface area contributed by atoms with E-state index in [1.165, 1.54) is 43.4 Å². The number of hydrogen-bond acceptors (Lipinski definition) is 14. The Morgan fingerprint density at radius 2 is 1.26 bits per heavy atom. The zero-order chi connectivity index (χ0) is 50.4. The van der Waals surface area contributed by atoms with Crippen molar-refractivity contribution in [3.63, 3.8) is 0 Å². The lowest BCUT2D eigenvalue weighted by Gasteiger charge is -2.19. The molecule has 5 heterocycles. The zero-order valence-corrected chi connectivity index (χ0v) is 39.6. The molecule has 2 aromatic carbocycles. The summed E-state index contributed by atoms with van der Waals surface area (Å²) < 4.78 is 23.4. The molecule has 4 aromatic heterocycles. The number of imidazole rings is 2. The van der Waals surface area contributed by atoms with Gasteiger partial charge in [-0.1, -0.05) is 12.2 Å². The van der Waals surface area contributed by atoms with E-state index in [1.54, 1.807) is 63.7 Å². The Hall–Kier alpha value is -8.63. The number of fused-ring (bicyclic) bond motifs is 2. The first-order chi connectivity index (χ1) is 33.5. The van der Waals surface area contributed by atoms with Crippen LogP contribution in [0.5, 0.6) is 11.5 Å². The van der Waals surface area contributed by atoms with Gasteiger partial charge in [0, 0.05) is 64.9 Å². The highest BCUT2D eigenvalue weighted by Crippen LogP contribution is 2.33. The summed E-state index contributed by atoms with van der Waals surface area (Å²) in [7, 11) is 4.28. The summed E-state index contributed by atoms with van der Waals surface area (Å²) in [5.74, 6) is -3.50. The van der Waals surface area contributed by atoms with Gasteiger partial charge in [0.15, 0.2) is 0 Å². The molecule has 7 rings (SSSR count). The third-order valence-corrected chi connectivity index (χ3v) is 11.3. The fourth-order valence-electron chi connectivity index (χ4n) is 7.92. The average molecular weight is 961 g/mol. The number of benzene rings is 2. The van der Waals surface area contributed by atoms with Crippen LogP contribution in [-0.2, 0) is 45.3 Å². The number of aromatic nitrogens is 8. The van der Waals surface area contributed by atoms with Crippen LogP contribution in [0.4, 0.5) is 11.9 Å². The highest BCUT2D eigenvalue weighted by atomic mass is 16.5. The van der Waals surface area contributed by atoms with Crippen molar-refractivity contribution >= 4 is 75.4 Å². The van der Waals surface area contributed by atoms with Crippen LogP contribution in [0, 0.1) is 13.8 Å². The SMILES string of the molecule is CCn1nc(C)cc1C(=O)Nc1nc2cc(C(=O)OC)cc(OC)c2n1CC=CCn1c(NC(=O)c2cc(C)nn2CC)nc2cc(C(=O)O)cc(OCCCN(C)C(=O)CCN3C(=O)C=CC3=O)c21. The highest BCUT2D eigenvalue weighted by Gasteiger charge is 2.26. The fourth-order valence-corrected chi connectivity index (χ4v) is 7.92. The van der Waals surface area contributed by atoms with Gasteiger partial charge in [0.05, 0.1) is 54.4 Å². The zero-order valence-electron chi connectivity index (χ0n) is 39.6. The Bertz CT molecular complexity index is 3100. The van der Waals surface area contributed by atoms with E-state index in [0.29, 0.717) is 53.1 Å². The van der Waals surface area contributed by atoms with Crippen molar-refractivity contribution in [2.75, 3.05) is 51.6 Å². The lowest BCUT2D eigenvalue weighted by molar-refractivity contribution is -0.138. The molecular formula is C47H52N12O11. The number of carbonyl (C=O) groups is 7. The molecule has 1 aliphatic heterocycles. The quantitative estimate of drug-likeness (QED) is 0.0394. The summed E-state index contributed by atoms with van der Waals surface area (Å²) in [5, 5.41) is 24.7. The van der Waals surface area contributed by atoms with Crippen LogP contribution >= 0.6 is 0 Å². The summed E-state index contributed by atoms with van der Waals surface area (Å²) in [5.41, 5.74) is 3.24. The van der Waals surface area contributed by atoms with Crippen LogP contribution in [-0.4, -0.2) is 136 Å². The number of rotatable bonds is 21. The second-order valence-corrected chi connectivity index (χ2v) is 16.1. The van der Waals surface area contributed by atoms with Gasteiger partial charge in [-0.05, 0) is 70.5 Å². The predicted octanol–water partition coefficient (Wildman–Crippen LogP) is 4.23. The lowest BCUT2D eigenvalue weighted by Crippen LogP contribution is -2.36. The van der Waals surface area contributed by atoms with Crippen molar-refractivity contribution in [2.24, 2.45) is 0 Å². The van der Waals surface area contributed by atoms with Gasteiger partial charge in [-0.25, -0.2) is 19.6 Å². The second kappa shape index (κ2) is 21.1. The summed E-state index contributed by atoms with van der Waals surface area (Å²) in [6, 6.07) is 9.06. The Balaban J connectivity index is 1.21. The Morgan fingerprint density at radius 3 is 1.76 bits per heavy atom. The molecule has 1 aliphatic rings. The van der Waals surface area contributed by atoms with Crippen LogP contribution in [0.1, 0.15) is 79.8 Å². The standard InChI is InChI=1S/C47H52N12O11/c1-8-58-33(21-27(3)52-58)42(63)50-46-49-32-24-30(45(67)69-7)26-35(68-6)40(32)56(46)17-10-11-18-57-41-31(48-47(57)51-43(64)34-22-28(4)53-59(34)9-2)23-29(44(65)66)25-36(41)70-20-12-16-54(5)37(60)15-19-55-38(61)13-14-39(55)62/h10-11,13-14,21-26H,8-9,12,15-20H2,1-7H3,(H,65,66)(H,48,51,64)(H,49,50,63). The molecule has 0 spiro atoms. The first-order valence-electron chi connectivity index (χ1n) is 22.3. The molecule has 0 bridgehead atoms. The maximum Gasteiger partial charge on any atom is 0.338 e. The number of ether oxygens (including phenoxy) is 3. The number of methoxy groups -OCH3 is 2. The van der Waals surface area contributed by atoms with Crippen molar-refractivity contribution in [1.82, 2.24) is 48.5 Å². The van der Waals surface area contributed by atoms with Gasteiger partial charge >= 0.3 is 11.9 Å². The number of imide groups is 1. The van der Waals surface area contributed by atoms with E-state index in [4.69, 9.17) is 24.2 Å². The monoisotopic (exact) mass is 960 g/mol. The molecule has 5 amide bonds. The molecule has 23 nitrogen and oxygen atoms in total. The molecule has 0 saturated heterocycles. The van der Waals surface area contributed by atoms with Gasteiger partial charge in [-0.3, -0.25) is 48.9 Å². The number of carbonyl (C=O) groups excluding carboxylic acids is 6. The molecule has 3 N–H and O–H groups in total. The molecule has 70 heavy (non-hydrogen) atoms. The molecule has 0 unspecified atom stereocenters. The minimum Gasteiger partial charge on any atom is -0.494 e. The first-order valence-corrected chi connectivity index (χ1v) is 22.3. The summed E-state index contributed by atoms with van der Waals surface area (Å²) in [6.45, 7) is 8.44. The van der Waals surface area contributed by atoms with Crippen molar-refractivity contribution in [2.45, 2.75) is 66.7 Å². The smallest absolute Gasteiger partial charge is 0.338 e. The first kappa shape index (κ1) is 49.3. The highest BCUT2D eigenvalue weighted by molar-refractivity contribution is 6.13. The average Bonchev–Trinajstić information content (AvgIpc) is 4.16. The van der Waals surface area contributed by atoms with Crippen LogP contribution in [0.25, 0.3) is 22.1 Å². The number of allylic oxidation sites excluding steroid dienone is 2. The molecule has 23 heteroatoms. The number of nitrogens with one attached hydrogen (secondary N) is 2. The van der Waals surface area contributed by atoms with Crippen LogP contribution in [0.15, 0.2) is 60.7 Å². The molecule has 0 radical (unpaired) electrons. The van der Waals surface area contributed by atoms with E-state index < -0.39 is 35.6 Å². The molecule has 0 atom stereocenters. The third kappa shape index (κ3) is 10.4. The van der Waals surface area contributed by atoms with E-state index in [2.05, 4.69) is 20.8 Å². The fraction of sp³-hybridized carbons (Fsp3) is 0.340. The van der Waals surface area contributed by atoms with E-state index in [9.17, 15) is 38.7 Å². The summed E-state index contributed by atoms with van der Waals surface area (Å²) in [4.78, 5) is 101. The normalized spacial score (nSPS) is 12.4. The number of esters is 1. The molecule has 0 saturated carbocycles. The lowest BCUT2D eigenvalue weighted by atomic mass is 10.2. The molecule has 6 aromatic rings. The Kier molecular flexibility index (Phi) is 14.9. The Labute approximate surface area is 400 Å².